The predicted molar refractivity (Wildman–Crippen MR) is 127 cm³/mol. The summed E-state index contributed by atoms with van der Waals surface area (Å²) in [6.45, 7) is 0. The van der Waals surface area contributed by atoms with Crippen molar-refractivity contribution in [2.75, 3.05) is 33.8 Å². The Kier molecular flexibility index (Phi) is 7.92. The van der Waals surface area contributed by atoms with Gasteiger partial charge in [0.25, 0.3) is 5.91 Å². The molecule has 0 fully saturated rings. The van der Waals surface area contributed by atoms with E-state index in [2.05, 4.69) is 15.4 Å². The number of ether oxygens (including phenoxy) is 4. The molecule has 0 unspecified atom stereocenters. The number of nitrogens with one attached hydrogen (secondary N) is 1. The SMILES string of the molecule is COc1ccc(-c2csnc2-c2cc(OC)c(OC)c(OC)c2)cc1NC(=O)[C@@H]([NH3+])CC(=O)O. The molecule has 1 aromatic heterocycles. The number of amides is 1. The van der Waals surface area contributed by atoms with E-state index in [4.69, 9.17) is 24.1 Å². The van der Waals surface area contributed by atoms with Gasteiger partial charge >= 0.3 is 5.97 Å². The van der Waals surface area contributed by atoms with Crippen molar-refractivity contribution in [2.45, 2.75) is 12.5 Å². The highest BCUT2D eigenvalue weighted by atomic mass is 32.1. The molecule has 0 aliphatic rings. The minimum absolute atomic E-state index is 0.381. The smallest absolute Gasteiger partial charge is 0.309 e. The van der Waals surface area contributed by atoms with Gasteiger partial charge in [-0.15, -0.1) is 0 Å². The number of quaternary nitrogens is 1. The van der Waals surface area contributed by atoms with Crippen molar-refractivity contribution in [1.29, 1.82) is 0 Å². The van der Waals surface area contributed by atoms with Crippen molar-refractivity contribution >= 4 is 29.1 Å². The van der Waals surface area contributed by atoms with Crippen LogP contribution in [0.4, 0.5) is 5.69 Å². The number of carboxylic acids is 1. The highest BCUT2D eigenvalue weighted by Crippen LogP contribution is 2.44. The van der Waals surface area contributed by atoms with Crippen LogP contribution in [0.5, 0.6) is 23.0 Å². The lowest BCUT2D eigenvalue weighted by molar-refractivity contribution is -0.401. The first-order valence-electron chi connectivity index (χ1n) is 10.1. The normalized spacial score (nSPS) is 11.4. The maximum absolute atomic E-state index is 12.5. The Morgan fingerprint density at radius 3 is 2.21 bits per heavy atom. The third-order valence-corrected chi connectivity index (χ3v) is 5.70. The Labute approximate surface area is 200 Å². The van der Waals surface area contributed by atoms with E-state index in [0.29, 0.717) is 34.4 Å². The lowest BCUT2D eigenvalue weighted by atomic mass is 10.0. The molecular weight excluding hydrogens is 462 g/mol. The van der Waals surface area contributed by atoms with Gasteiger partial charge in [0.15, 0.2) is 17.5 Å². The summed E-state index contributed by atoms with van der Waals surface area (Å²) >= 11 is 1.28. The van der Waals surface area contributed by atoms with E-state index in [9.17, 15) is 9.59 Å². The maximum atomic E-state index is 12.5. The van der Waals surface area contributed by atoms with Gasteiger partial charge in [-0.25, -0.2) is 0 Å². The van der Waals surface area contributed by atoms with Crippen LogP contribution in [0.1, 0.15) is 6.42 Å². The summed E-state index contributed by atoms with van der Waals surface area (Å²) in [6.07, 6.45) is -0.381. The molecule has 3 rings (SSSR count). The van der Waals surface area contributed by atoms with Crippen molar-refractivity contribution in [3.63, 3.8) is 0 Å². The van der Waals surface area contributed by atoms with Crippen molar-refractivity contribution < 1.29 is 39.4 Å². The minimum Gasteiger partial charge on any atom is -0.495 e. The third-order valence-electron chi connectivity index (χ3n) is 5.07. The lowest BCUT2D eigenvalue weighted by Crippen LogP contribution is -2.66. The molecule has 180 valence electrons. The molecule has 0 radical (unpaired) electrons. The molecule has 3 aromatic rings. The average Bonchev–Trinajstić information content (AvgIpc) is 3.32. The first-order valence-corrected chi connectivity index (χ1v) is 10.9. The lowest BCUT2D eigenvalue weighted by Gasteiger charge is -2.15. The van der Waals surface area contributed by atoms with E-state index in [1.54, 1.807) is 26.4 Å². The molecule has 0 saturated carbocycles. The fourth-order valence-corrected chi connectivity index (χ4v) is 4.09. The van der Waals surface area contributed by atoms with Crippen LogP contribution in [0.15, 0.2) is 35.7 Å². The van der Waals surface area contributed by atoms with Crippen LogP contribution in [0.3, 0.4) is 0 Å². The molecule has 0 bridgehead atoms. The van der Waals surface area contributed by atoms with Crippen LogP contribution < -0.4 is 30.0 Å². The second-order valence-corrected chi connectivity index (χ2v) is 7.82. The second-order valence-electron chi connectivity index (χ2n) is 7.19. The largest absolute Gasteiger partial charge is 0.495 e. The summed E-state index contributed by atoms with van der Waals surface area (Å²) in [5.41, 5.74) is 7.05. The van der Waals surface area contributed by atoms with Gasteiger partial charge in [-0.1, -0.05) is 6.07 Å². The summed E-state index contributed by atoms with van der Waals surface area (Å²) in [4.78, 5) is 23.4. The van der Waals surface area contributed by atoms with Crippen molar-refractivity contribution in [3.05, 3.63) is 35.7 Å². The fraction of sp³-hybridized carbons (Fsp3) is 0.261. The van der Waals surface area contributed by atoms with Gasteiger partial charge < -0.3 is 35.1 Å². The van der Waals surface area contributed by atoms with Crippen molar-refractivity contribution in [3.8, 4) is 45.4 Å². The second kappa shape index (κ2) is 10.9. The van der Waals surface area contributed by atoms with Gasteiger partial charge in [0, 0.05) is 16.5 Å². The van der Waals surface area contributed by atoms with E-state index in [0.717, 1.165) is 16.7 Å². The standard InChI is InChI=1S/C23H25N3O7S/c1-30-17-6-5-12(7-16(17)25-23(29)15(24)10-20(27)28)14-11-34-26-21(14)13-8-18(31-2)22(33-4)19(9-13)32-3/h5-9,11,15H,10,24H2,1-4H3,(H,25,29)(H,27,28)/p+1/t15-/m0/s1. The van der Waals surface area contributed by atoms with Gasteiger partial charge in [0.1, 0.15) is 12.2 Å². The number of aromatic nitrogens is 1. The topological polar surface area (TPSA) is 144 Å². The predicted octanol–water partition coefficient (Wildman–Crippen LogP) is 2.54. The Morgan fingerprint density at radius 1 is 1.00 bits per heavy atom. The number of anilines is 1. The van der Waals surface area contributed by atoms with Crippen molar-refractivity contribution in [2.24, 2.45) is 0 Å². The van der Waals surface area contributed by atoms with E-state index in [1.807, 2.05) is 23.6 Å². The molecule has 5 N–H and O–H groups in total. The highest BCUT2D eigenvalue weighted by Gasteiger charge is 2.23. The zero-order valence-corrected chi connectivity index (χ0v) is 20.0. The number of carbonyl (C=O) groups excluding carboxylic acids is 1. The Bertz CT molecular complexity index is 1170. The molecule has 34 heavy (non-hydrogen) atoms. The van der Waals surface area contributed by atoms with Gasteiger partial charge in [0.05, 0.1) is 39.8 Å². The molecule has 10 nitrogen and oxygen atoms in total. The summed E-state index contributed by atoms with van der Waals surface area (Å²) < 4.78 is 26.3. The number of methoxy groups -OCH3 is 4. The van der Waals surface area contributed by atoms with E-state index in [1.165, 1.54) is 25.8 Å². The number of carbonyl (C=O) groups is 2. The molecule has 11 heteroatoms. The summed E-state index contributed by atoms with van der Waals surface area (Å²) in [5, 5.41) is 13.5. The van der Waals surface area contributed by atoms with E-state index < -0.39 is 17.9 Å². The number of carboxylic acid groups (broad SMARTS) is 1. The first-order chi connectivity index (χ1) is 16.3. The molecule has 0 saturated heterocycles. The number of hydrogen-bond donors (Lipinski definition) is 3. The molecule has 2 aromatic carbocycles. The van der Waals surface area contributed by atoms with Crippen LogP contribution in [0.2, 0.25) is 0 Å². The van der Waals surface area contributed by atoms with Gasteiger partial charge in [0.2, 0.25) is 5.75 Å². The van der Waals surface area contributed by atoms with Crippen LogP contribution in [0.25, 0.3) is 22.4 Å². The monoisotopic (exact) mass is 488 g/mol. The number of benzene rings is 2. The highest BCUT2D eigenvalue weighted by molar-refractivity contribution is 7.04. The van der Waals surface area contributed by atoms with Crippen LogP contribution in [-0.4, -0.2) is 55.8 Å². The Balaban J connectivity index is 2.02. The molecule has 1 heterocycles. The maximum Gasteiger partial charge on any atom is 0.309 e. The van der Waals surface area contributed by atoms with Crippen LogP contribution in [0, 0.1) is 0 Å². The van der Waals surface area contributed by atoms with Crippen LogP contribution >= 0.6 is 11.5 Å². The van der Waals surface area contributed by atoms with Gasteiger partial charge in [-0.05, 0) is 41.4 Å². The first kappa shape index (κ1) is 24.8. The molecule has 1 amide bonds. The number of hydrogen-bond acceptors (Lipinski definition) is 8. The van der Waals surface area contributed by atoms with E-state index >= 15 is 0 Å². The summed E-state index contributed by atoms with van der Waals surface area (Å²) in [6, 6.07) is 7.98. The Morgan fingerprint density at radius 2 is 1.65 bits per heavy atom. The van der Waals surface area contributed by atoms with Crippen molar-refractivity contribution in [1.82, 2.24) is 4.37 Å². The number of rotatable bonds is 10. The molecule has 0 spiro atoms. The Hall–Kier alpha value is -3.83. The van der Waals surface area contributed by atoms with E-state index in [-0.39, 0.29) is 6.42 Å². The fourth-order valence-electron chi connectivity index (χ4n) is 3.38. The van der Waals surface area contributed by atoms with Gasteiger partial charge in [-0.3, -0.25) is 9.59 Å². The quantitative estimate of drug-likeness (QED) is 0.395. The molecule has 0 aliphatic heterocycles. The zero-order valence-electron chi connectivity index (χ0n) is 19.2. The average molecular weight is 489 g/mol. The molecule has 1 atom stereocenters. The number of aliphatic carboxylic acids is 1. The van der Waals surface area contributed by atoms with Gasteiger partial charge in [-0.2, -0.15) is 4.37 Å². The minimum atomic E-state index is -1.10. The zero-order chi connectivity index (χ0) is 24.8. The third kappa shape index (κ3) is 5.21. The molecule has 0 aliphatic carbocycles. The summed E-state index contributed by atoms with van der Waals surface area (Å²) in [5.74, 6) is 0.277. The molecular formula is C23H26N3O7S+. The number of nitrogens with zero attached hydrogens (tertiary/aromatic N) is 1. The summed E-state index contributed by atoms with van der Waals surface area (Å²) in [7, 11) is 6.11. The van der Waals surface area contributed by atoms with Crippen LogP contribution in [-0.2, 0) is 9.59 Å².